The van der Waals surface area contributed by atoms with Gasteiger partial charge in [-0.15, -0.1) is 0 Å². The Morgan fingerprint density at radius 3 is 2.71 bits per heavy atom. The van der Waals surface area contributed by atoms with Gasteiger partial charge in [-0.05, 0) is 67.2 Å². The van der Waals surface area contributed by atoms with E-state index in [-0.39, 0.29) is 5.78 Å². The summed E-state index contributed by atoms with van der Waals surface area (Å²) in [7, 11) is 0. The molecule has 0 radical (unpaired) electrons. The van der Waals surface area contributed by atoms with Crippen molar-refractivity contribution in [1.29, 1.82) is 0 Å². The first kappa shape index (κ1) is 21.3. The quantitative estimate of drug-likeness (QED) is 0.325. The second-order valence-corrected chi connectivity index (χ2v) is 8.92. The van der Waals surface area contributed by atoms with Gasteiger partial charge >= 0.3 is 0 Å². The number of hydrogen-bond acceptors (Lipinski definition) is 2. The van der Waals surface area contributed by atoms with Crippen LogP contribution < -0.4 is 15.3 Å². The maximum atomic E-state index is 13.1. The zero-order valence-corrected chi connectivity index (χ0v) is 19.5. The normalized spacial score (nSPS) is 13.5. The third kappa shape index (κ3) is 4.09. The van der Waals surface area contributed by atoms with Crippen molar-refractivity contribution in [3.8, 4) is 17.6 Å². The summed E-state index contributed by atoms with van der Waals surface area (Å²) in [6.45, 7) is 1.30. The van der Waals surface area contributed by atoms with Crippen LogP contribution in [0.15, 0.2) is 72.8 Å². The van der Waals surface area contributed by atoms with E-state index in [1.807, 2.05) is 48.6 Å². The van der Waals surface area contributed by atoms with Gasteiger partial charge < -0.3 is 9.30 Å². The maximum Gasteiger partial charge on any atom is 0.240 e. The Bertz CT molecular complexity index is 1660. The van der Waals surface area contributed by atoms with E-state index in [1.165, 1.54) is 21.5 Å². The van der Waals surface area contributed by atoms with Gasteiger partial charge in [0.2, 0.25) is 5.78 Å². The van der Waals surface area contributed by atoms with Gasteiger partial charge in [0, 0.05) is 39.1 Å². The number of benzene rings is 3. The maximum absolute atomic E-state index is 13.1. The number of ketones is 1. The number of fused-ring (bicyclic) bond motifs is 4. The van der Waals surface area contributed by atoms with Crippen LogP contribution in [0, 0.1) is 11.8 Å². The van der Waals surface area contributed by atoms with Crippen molar-refractivity contribution in [3.63, 3.8) is 0 Å². The van der Waals surface area contributed by atoms with E-state index in [0.29, 0.717) is 17.9 Å². The van der Waals surface area contributed by atoms with Crippen LogP contribution in [0.5, 0.6) is 5.75 Å². The van der Waals surface area contributed by atoms with E-state index in [9.17, 15) is 4.79 Å². The summed E-state index contributed by atoms with van der Waals surface area (Å²) in [5.74, 6) is 6.23. The lowest BCUT2D eigenvalue weighted by Gasteiger charge is -2.17. The number of hydrogen-bond donors (Lipinski definition) is 0. The molecule has 4 aromatic rings. The van der Waals surface area contributed by atoms with Crippen molar-refractivity contribution >= 4 is 34.9 Å². The summed E-state index contributed by atoms with van der Waals surface area (Å²) in [5.41, 5.74) is 4.68. The molecular formula is C32H25NO2. The molecule has 3 heteroatoms. The molecule has 0 fully saturated rings. The molecule has 1 aliphatic heterocycles. The molecule has 0 bridgehead atoms. The standard InChI is InChI=1S/C32H25NO2/c34-31(17-16-23-9-2-1-3-10-23)28-22-24(21-25-11-8-20-35-32(25)28)18-19-33-29-14-6-4-12-26(29)27-13-5-7-15-30(27)33/h1-4,6,8-15,21-22H,5,7,18-20H2. The largest absolute Gasteiger partial charge is 0.488 e. The summed E-state index contributed by atoms with van der Waals surface area (Å²) < 4.78 is 8.29. The Morgan fingerprint density at radius 2 is 1.80 bits per heavy atom. The molecule has 170 valence electrons. The summed E-state index contributed by atoms with van der Waals surface area (Å²) in [4.78, 5) is 13.1. The van der Waals surface area contributed by atoms with Crippen LogP contribution >= 0.6 is 0 Å². The monoisotopic (exact) mass is 455 g/mol. The molecule has 0 saturated heterocycles. The minimum absolute atomic E-state index is 0.214. The molecule has 0 saturated carbocycles. The van der Waals surface area contributed by atoms with E-state index >= 15 is 0 Å². The predicted molar refractivity (Wildman–Crippen MR) is 142 cm³/mol. The van der Waals surface area contributed by atoms with Crippen LogP contribution in [0.2, 0.25) is 0 Å². The third-order valence-electron chi connectivity index (χ3n) is 6.67. The van der Waals surface area contributed by atoms with Crippen LogP contribution in [0.4, 0.5) is 0 Å². The molecule has 3 nitrogen and oxygen atoms in total. The molecule has 0 atom stereocenters. The second kappa shape index (κ2) is 9.16. The fourth-order valence-corrected chi connectivity index (χ4v) is 5.05. The van der Waals surface area contributed by atoms with E-state index in [4.69, 9.17) is 4.74 Å². The zero-order chi connectivity index (χ0) is 23.6. The Labute approximate surface area is 204 Å². The number of rotatable bonds is 4. The molecule has 0 amide bonds. The van der Waals surface area contributed by atoms with Crippen molar-refractivity contribution in [2.75, 3.05) is 6.61 Å². The van der Waals surface area contributed by atoms with Crippen LogP contribution in [0.3, 0.4) is 0 Å². The number of ether oxygens (including phenoxy) is 1. The van der Waals surface area contributed by atoms with Crippen molar-refractivity contribution in [2.45, 2.75) is 25.8 Å². The number of Topliss-reactive ketones (excluding diaryl/α,β-unsaturated/α-hetero) is 1. The number of carbonyl (C=O) groups is 1. The van der Waals surface area contributed by atoms with Crippen LogP contribution in [0.1, 0.15) is 39.9 Å². The van der Waals surface area contributed by atoms with Gasteiger partial charge in [-0.25, -0.2) is 0 Å². The van der Waals surface area contributed by atoms with Crippen molar-refractivity contribution in [3.05, 3.63) is 106 Å². The molecule has 3 aromatic carbocycles. The predicted octanol–water partition coefficient (Wildman–Crippen LogP) is 4.88. The van der Waals surface area contributed by atoms with E-state index < -0.39 is 0 Å². The molecular weight excluding hydrogens is 430 g/mol. The lowest BCUT2D eigenvalue weighted by molar-refractivity contribution is 0.105. The van der Waals surface area contributed by atoms with Crippen LogP contribution in [0.25, 0.3) is 29.1 Å². The molecule has 35 heavy (non-hydrogen) atoms. The van der Waals surface area contributed by atoms with Gasteiger partial charge in [0.15, 0.2) is 0 Å². The first-order valence-corrected chi connectivity index (χ1v) is 12.1. The highest BCUT2D eigenvalue weighted by Gasteiger charge is 2.18. The Morgan fingerprint density at radius 1 is 0.971 bits per heavy atom. The average molecular weight is 456 g/mol. The van der Waals surface area contributed by atoms with Gasteiger partial charge in [-0.3, -0.25) is 4.79 Å². The Balaban J connectivity index is 1.36. The molecule has 6 rings (SSSR count). The second-order valence-electron chi connectivity index (χ2n) is 8.92. The average Bonchev–Trinajstić information content (AvgIpc) is 3.24. The fourth-order valence-electron chi connectivity index (χ4n) is 5.05. The number of aromatic nitrogens is 1. The fraction of sp³-hybridized carbons (Fsp3) is 0.156. The van der Waals surface area contributed by atoms with Crippen molar-refractivity contribution in [2.24, 2.45) is 0 Å². The highest BCUT2D eigenvalue weighted by atomic mass is 16.5. The minimum atomic E-state index is -0.214. The Kier molecular flexibility index (Phi) is 5.56. The molecule has 1 aliphatic carbocycles. The summed E-state index contributed by atoms with van der Waals surface area (Å²) >= 11 is 0. The molecule has 1 aromatic heterocycles. The van der Waals surface area contributed by atoms with Gasteiger partial charge in [0.25, 0.3) is 0 Å². The molecule has 0 N–H and O–H groups in total. The molecule has 2 heterocycles. The summed E-state index contributed by atoms with van der Waals surface area (Å²) in [6, 6.07) is 22.3. The van der Waals surface area contributed by atoms with E-state index in [1.54, 1.807) is 0 Å². The van der Waals surface area contributed by atoms with Gasteiger partial charge in [0.05, 0.1) is 5.56 Å². The molecule has 0 spiro atoms. The summed E-state index contributed by atoms with van der Waals surface area (Å²) in [5, 5.41) is 3.97. The third-order valence-corrected chi connectivity index (χ3v) is 6.67. The van der Waals surface area contributed by atoms with E-state index in [2.05, 4.69) is 58.9 Å². The highest BCUT2D eigenvalue weighted by molar-refractivity contribution is 6.11. The topological polar surface area (TPSA) is 31.2 Å². The first-order valence-electron chi connectivity index (χ1n) is 12.1. The number of nitrogens with zero attached hydrogens (tertiary/aromatic N) is 1. The van der Waals surface area contributed by atoms with Crippen LogP contribution in [-0.2, 0) is 13.0 Å². The van der Waals surface area contributed by atoms with Crippen molar-refractivity contribution < 1.29 is 9.53 Å². The smallest absolute Gasteiger partial charge is 0.240 e. The van der Waals surface area contributed by atoms with Gasteiger partial charge in [-0.2, -0.15) is 0 Å². The van der Waals surface area contributed by atoms with E-state index in [0.717, 1.165) is 42.5 Å². The number of aryl methyl sites for hydroxylation is 2. The highest BCUT2D eigenvalue weighted by Crippen LogP contribution is 2.30. The summed E-state index contributed by atoms with van der Waals surface area (Å²) in [6.07, 6.45) is 11.7. The van der Waals surface area contributed by atoms with Gasteiger partial charge in [-0.1, -0.05) is 60.5 Å². The SMILES string of the molecule is O=C(C#Cc1ccccc1)c1cc(CCn2c3c(c4ccccc42)=CCCC=3)cc2c1OCC=C2. The number of carbonyl (C=O) groups excluding carboxylic acids is 1. The Hall–Kier alpha value is -4.29. The lowest BCUT2D eigenvalue weighted by Crippen LogP contribution is -2.31. The lowest BCUT2D eigenvalue weighted by atomic mass is 9.98. The number of para-hydroxylation sites is 1. The molecule has 2 aliphatic rings. The molecule has 0 unspecified atom stereocenters. The first-order chi connectivity index (χ1) is 17.3. The zero-order valence-electron chi connectivity index (χ0n) is 19.5. The minimum Gasteiger partial charge on any atom is -0.488 e. The van der Waals surface area contributed by atoms with Crippen molar-refractivity contribution in [1.82, 2.24) is 4.57 Å². The van der Waals surface area contributed by atoms with Gasteiger partial charge in [0.1, 0.15) is 12.4 Å². The van der Waals surface area contributed by atoms with Crippen LogP contribution in [-0.4, -0.2) is 17.0 Å².